The third kappa shape index (κ3) is 4.78. The molecule has 5 N–H and O–H groups in total. The van der Waals surface area contributed by atoms with Crippen molar-refractivity contribution in [3.05, 3.63) is 90.4 Å². The van der Waals surface area contributed by atoms with E-state index in [9.17, 15) is 9.18 Å². The number of carbonyl (C=O) groups excluding carboxylic acids is 1. The highest BCUT2D eigenvalue weighted by Gasteiger charge is 2.25. The highest BCUT2D eigenvalue weighted by Crippen LogP contribution is 2.27. The Balaban J connectivity index is 1.25. The Morgan fingerprint density at radius 3 is 2.52 bits per heavy atom. The number of nitrogens with two attached hydrogens (primary N) is 1. The molecule has 0 unspecified atom stereocenters. The number of halogens is 1. The van der Waals surface area contributed by atoms with E-state index >= 15 is 0 Å². The molecule has 1 heterocycles. The van der Waals surface area contributed by atoms with Crippen molar-refractivity contribution in [1.29, 1.82) is 0 Å². The molecule has 0 saturated heterocycles. The molecule has 33 heavy (non-hydrogen) atoms. The number of aromatic nitrogens is 1. The lowest BCUT2D eigenvalue weighted by molar-refractivity contribution is 0.102. The van der Waals surface area contributed by atoms with Gasteiger partial charge in [0.2, 0.25) is 0 Å². The molecular weight excluding hydrogens is 417 g/mol. The fourth-order valence-electron chi connectivity index (χ4n) is 3.99. The van der Waals surface area contributed by atoms with Crippen molar-refractivity contribution >= 4 is 39.6 Å². The second kappa shape index (κ2) is 8.88. The molecule has 3 aromatic carbocycles. The van der Waals surface area contributed by atoms with Crippen LogP contribution in [0.15, 0.2) is 79.0 Å². The molecule has 1 fully saturated rings. The molecule has 7 heteroatoms. The largest absolute Gasteiger partial charge is 0.382 e. The molecule has 1 aliphatic carbocycles. The minimum atomic E-state index is -0.318. The Kier molecular flexibility index (Phi) is 5.62. The maximum atomic E-state index is 13.7. The van der Waals surface area contributed by atoms with Gasteiger partial charge in [-0.3, -0.25) is 9.78 Å². The molecule has 0 aliphatic heterocycles. The first-order valence-electron chi connectivity index (χ1n) is 10.9. The first kappa shape index (κ1) is 20.9. The average Bonchev–Trinajstić information content (AvgIpc) is 2.79. The number of hydrogen-bond acceptors (Lipinski definition) is 5. The standard InChI is InChI=1S/C26H24FN5O/c27-17-6-9-24-23(12-17)25(10-11-29-24)31-19-7-4-16(5-8-19)26(33)32-21-3-1-2-20(15-21)30-22-13-18(28)14-22/h1-12,15,18,22,30H,13-14,28H2,(H,29,31)(H,32,33). The van der Waals surface area contributed by atoms with Crippen molar-refractivity contribution in [2.75, 3.05) is 16.0 Å². The molecule has 0 atom stereocenters. The zero-order valence-corrected chi connectivity index (χ0v) is 17.9. The number of pyridine rings is 1. The quantitative estimate of drug-likeness (QED) is 0.327. The third-order valence-electron chi connectivity index (χ3n) is 5.80. The second-order valence-electron chi connectivity index (χ2n) is 8.33. The van der Waals surface area contributed by atoms with E-state index in [0.717, 1.165) is 35.6 Å². The van der Waals surface area contributed by atoms with Gasteiger partial charge >= 0.3 is 0 Å². The van der Waals surface area contributed by atoms with Gasteiger partial charge in [-0.15, -0.1) is 0 Å². The molecular formula is C26H24FN5O. The first-order chi connectivity index (χ1) is 16.0. The molecule has 4 aromatic rings. The summed E-state index contributed by atoms with van der Waals surface area (Å²) in [5.41, 5.74) is 10.3. The summed E-state index contributed by atoms with van der Waals surface area (Å²) in [6.07, 6.45) is 3.59. The summed E-state index contributed by atoms with van der Waals surface area (Å²) in [6.45, 7) is 0. The van der Waals surface area contributed by atoms with Crippen molar-refractivity contribution in [3.63, 3.8) is 0 Å². The number of anilines is 4. The summed E-state index contributed by atoms with van der Waals surface area (Å²) in [6, 6.07) is 21.8. The number of benzene rings is 3. The molecule has 1 saturated carbocycles. The second-order valence-corrected chi connectivity index (χ2v) is 8.33. The van der Waals surface area contributed by atoms with Crippen molar-refractivity contribution < 1.29 is 9.18 Å². The van der Waals surface area contributed by atoms with Crippen LogP contribution in [0.5, 0.6) is 0 Å². The summed E-state index contributed by atoms with van der Waals surface area (Å²) in [5, 5.41) is 10.3. The van der Waals surface area contributed by atoms with Gasteiger partial charge < -0.3 is 21.7 Å². The zero-order chi connectivity index (χ0) is 22.8. The van der Waals surface area contributed by atoms with E-state index in [1.54, 1.807) is 30.5 Å². The normalized spacial score (nSPS) is 17.3. The summed E-state index contributed by atoms with van der Waals surface area (Å²) >= 11 is 0. The van der Waals surface area contributed by atoms with E-state index in [4.69, 9.17) is 5.73 Å². The number of nitrogens with one attached hydrogen (secondary N) is 3. The third-order valence-corrected chi connectivity index (χ3v) is 5.80. The average molecular weight is 442 g/mol. The van der Waals surface area contributed by atoms with Crippen molar-refractivity contribution in [3.8, 4) is 0 Å². The smallest absolute Gasteiger partial charge is 0.255 e. The number of hydrogen-bond donors (Lipinski definition) is 4. The van der Waals surface area contributed by atoms with Gasteiger partial charge in [0.1, 0.15) is 5.82 Å². The molecule has 1 aromatic heterocycles. The van der Waals surface area contributed by atoms with Crippen LogP contribution in [0.3, 0.4) is 0 Å². The minimum Gasteiger partial charge on any atom is -0.382 e. The lowest BCUT2D eigenvalue weighted by atomic mass is 9.87. The van der Waals surface area contributed by atoms with Gasteiger partial charge in [0, 0.05) is 52.0 Å². The minimum absolute atomic E-state index is 0.194. The van der Waals surface area contributed by atoms with Gasteiger partial charge in [0.15, 0.2) is 0 Å². The topological polar surface area (TPSA) is 92.1 Å². The molecule has 6 nitrogen and oxygen atoms in total. The summed E-state index contributed by atoms with van der Waals surface area (Å²) < 4.78 is 13.7. The Bertz CT molecular complexity index is 1300. The van der Waals surface area contributed by atoms with Crippen molar-refractivity contribution in [2.45, 2.75) is 24.9 Å². The summed E-state index contributed by atoms with van der Waals surface area (Å²) in [4.78, 5) is 17.0. The van der Waals surface area contributed by atoms with E-state index in [1.165, 1.54) is 12.1 Å². The highest BCUT2D eigenvalue weighted by molar-refractivity contribution is 6.04. The van der Waals surface area contributed by atoms with Crippen LogP contribution in [-0.4, -0.2) is 23.0 Å². The maximum absolute atomic E-state index is 13.7. The van der Waals surface area contributed by atoms with E-state index in [1.807, 2.05) is 36.4 Å². The van der Waals surface area contributed by atoms with E-state index in [0.29, 0.717) is 22.5 Å². The van der Waals surface area contributed by atoms with Gasteiger partial charge in [-0.1, -0.05) is 6.07 Å². The molecule has 5 rings (SSSR count). The van der Waals surface area contributed by atoms with Crippen LogP contribution in [0, 0.1) is 5.82 Å². The number of rotatable bonds is 6. The maximum Gasteiger partial charge on any atom is 0.255 e. The van der Waals surface area contributed by atoms with Gasteiger partial charge in [-0.05, 0) is 79.6 Å². The molecule has 166 valence electrons. The zero-order valence-electron chi connectivity index (χ0n) is 17.9. The van der Waals surface area contributed by atoms with Crippen LogP contribution in [-0.2, 0) is 0 Å². The molecule has 1 amide bonds. The van der Waals surface area contributed by atoms with E-state index in [-0.39, 0.29) is 17.8 Å². The van der Waals surface area contributed by atoms with Crippen molar-refractivity contribution in [2.24, 2.45) is 5.73 Å². The number of carbonyl (C=O) groups is 1. The fraction of sp³-hybridized carbons (Fsp3) is 0.154. The molecule has 1 aliphatic rings. The van der Waals surface area contributed by atoms with Crippen LogP contribution in [0.1, 0.15) is 23.2 Å². The Labute approximate surface area is 191 Å². The first-order valence-corrected chi connectivity index (χ1v) is 10.9. The molecule has 0 bridgehead atoms. The van der Waals surface area contributed by atoms with Crippen LogP contribution in [0.4, 0.5) is 27.1 Å². The molecule has 0 spiro atoms. The van der Waals surface area contributed by atoms with Gasteiger partial charge in [-0.25, -0.2) is 4.39 Å². The number of fused-ring (bicyclic) bond motifs is 1. The van der Waals surface area contributed by atoms with Crippen LogP contribution < -0.4 is 21.7 Å². The van der Waals surface area contributed by atoms with Gasteiger partial charge in [0.05, 0.1) is 5.52 Å². The molecule has 0 radical (unpaired) electrons. The van der Waals surface area contributed by atoms with E-state index in [2.05, 4.69) is 20.9 Å². The summed E-state index contributed by atoms with van der Waals surface area (Å²) in [5.74, 6) is -0.512. The van der Waals surface area contributed by atoms with E-state index < -0.39 is 0 Å². The predicted octanol–water partition coefficient (Wildman–Crippen LogP) is 5.27. The predicted molar refractivity (Wildman–Crippen MR) is 130 cm³/mol. The Morgan fingerprint density at radius 1 is 0.939 bits per heavy atom. The number of amides is 1. The monoisotopic (exact) mass is 441 g/mol. The van der Waals surface area contributed by atoms with Crippen LogP contribution in [0.2, 0.25) is 0 Å². The SMILES string of the molecule is NC1CC(Nc2cccc(NC(=O)c3ccc(Nc4ccnc5ccc(F)cc45)cc3)c2)C1. The highest BCUT2D eigenvalue weighted by atomic mass is 19.1. The van der Waals surface area contributed by atoms with Crippen LogP contribution in [0.25, 0.3) is 10.9 Å². The number of nitrogens with zero attached hydrogens (tertiary/aromatic N) is 1. The van der Waals surface area contributed by atoms with Gasteiger partial charge in [0.25, 0.3) is 5.91 Å². The lowest BCUT2D eigenvalue weighted by Gasteiger charge is -2.33. The fourth-order valence-corrected chi connectivity index (χ4v) is 3.99. The lowest BCUT2D eigenvalue weighted by Crippen LogP contribution is -2.44. The van der Waals surface area contributed by atoms with Gasteiger partial charge in [-0.2, -0.15) is 0 Å². The van der Waals surface area contributed by atoms with Crippen molar-refractivity contribution in [1.82, 2.24) is 4.98 Å². The Morgan fingerprint density at radius 2 is 1.73 bits per heavy atom. The van der Waals surface area contributed by atoms with Crippen LogP contribution >= 0.6 is 0 Å². The summed E-state index contributed by atoms with van der Waals surface area (Å²) in [7, 11) is 0. The Hall–Kier alpha value is -3.97.